The molecule has 2 heterocycles. The van der Waals surface area contributed by atoms with Crippen LogP contribution in [-0.2, 0) is 16.0 Å². The van der Waals surface area contributed by atoms with E-state index in [1.807, 2.05) is 25.1 Å². The predicted molar refractivity (Wildman–Crippen MR) is 120 cm³/mol. The number of aromatic nitrogens is 1. The molecule has 0 atom stereocenters. The van der Waals surface area contributed by atoms with Gasteiger partial charge in [0, 0.05) is 31.8 Å². The first kappa shape index (κ1) is 22.9. The van der Waals surface area contributed by atoms with Crippen LogP contribution in [0.1, 0.15) is 44.2 Å². The number of hydrogen-bond acceptors (Lipinski definition) is 4. The van der Waals surface area contributed by atoms with E-state index < -0.39 is 0 Å². The molecular formula is C22H30N6O2. The number of hydrogen-bond donors (Lipinski definition) is 3. The Kier molecular flexibility index (Phi) is 8.80. The molecule has 2 rings (SSSR count). The molecule has 1 aromatic heterocycles. The van der Waals surface area contributed by atoms with Crippen molar-refractivity contribution in [1.29, 1.82) is 0 Å². The van der Waals surface area contributed by atoms with Gasteiger partial charge in [-0.15, -0.1) is 0 Å². The number of nitrogens with zero attached hydrogens (tertiary/aromatic N) is 3. The van der Waals surface area contributed by atoms with E-state index in [0.29, 0.717) is 37.4 Å². The second-order valence-electron chi connectivity index (χ2n) is 6.96. The normalized spacial score (nSPS) is 13.9. The highest BCUT2D eigenvalue weighted by molar-refractivity contribution is 5.94. The maximum Gasteiger partial charge on any atom is 0.246 e. The SMILES string of the molecule is C/C=C\C(=C/CN(CCCC)C(=O)/C=C/c1cnc2c(c1)CCC(=O)N2)N=C(N)N. The van der Waals surface area contributed by atoms with Gasteiger partial charge in [0.05, 0.1) is 5.70 Å². The van der Waals surface area contributed by atoms with E-state index in [4.69, 9.17) is 11.5 Å². The second-order valence-corrected chi connectivity index (χ2v) is 6.96. The lowest BCUT2D eigenvalue weighted by Gasteiger charge is -2.19. The van der Waals surface area contributed by atoms with Crippen LogP contribution in [-0.4, -0.2) is 40.7 Å². The number of rotatable bonds is 9. The smallest absolute Gasteiger partial charge is 0.246 e. The number of anilines is 1. The number of nitrogens with two attached hydrogens (primary N) is 2. The molecule has 0 fully saturated rings. The van der Waals surface area contributed by atoms with Gasteiger partial charge in [-0.3, -0.25) is 9.59 Å². The number of allylic oxidation sites excluding steroid dienone is 2. The monoisotopic (exact) mass is 410 g/mol. The molecule has 8 nitrogen and oxygen atoms in total. The lowest BCUT2D eigenvalue weighted by molar-refractivity contribution is -0.125. The number of unbranched alkanes of at least 4 members (excludes halogenated alkanes) is 1. The quantitative estimate of drug-likeness (QED) is 0.249. The first-order valence-corrected chi connectivity index (χ1v) is 10.1. The van der Waals surface area contributed by atoms with Gasteiger partial charge in [0.1, 0.15) is 5.82 Å². The summed E-state index contributed by atoms with van der Waals surface area (Å²) in [6, 6.07) is 1.95. The fourth-order valence-electron chi connectivity index (χ4n) is 2.95. The molecule has 0 unspecified atom stereocenters. The van der Waals surface area contributed by atoms with Crippen molar-refractivity contribution in [3.8, 4) is 0 Å². The van der Waals surface area contributed by atoms with Crippen LogP contribution in [0.25, 0.3) is 6.08 Å². The third-order valence-corrected chi connectivity index (χ3v) is 4.50. The average Bonchev–Trinajstić information content (AvgIpc) is 2.71. The Morgan fingerprint density at radius 3 is 2.83 bits per heavy atom. The summed E-state index contributed by atoms with van der Waals surface area (Å²) >= 11 is 0. The summed E-state index contributed by atoms with van der Waals surface area (Å²) in [5.41, 5.74) is 13.3. The number of fused-ring (bicyclic) bond motifs is 1. The van der Waals surface area contributed by atoms with Gasteiger partial charge in [0.2, 0.25) is 11.8 Å². The summed E-state index contributed by atoms with van der Waals surface area (Å²) in [7, 11) is 0. The van der Waals surface area contributed by atoms with E-state index in [2.05, 4.69) is 22.2 Å². The zero-order chi connectivity index (χ0) is 21.9. The highest BCUT2D eigenvalue weighted by Gasteiger charge is 2.16. The summed E-state index contributed by atoms with van der Waals surface area (Å²) in [6.45, 7) is 4.98. The largest absolute Gasteiger partial charge is 0.370 e. The van der Waals surface area contributed by atoms with Crippen LogP contribution in [0, 0.1) is 0 Å². The Morgan fingerprint density at radius 1 is 1.33 bits per heavy atom. The molecule has 1 aliphatic rings. The molecule has 0 radical (unpaired) electrons. The van der Waals surface area contributed by atoms with Gasteiger partial charge in [0.15, 0.2) is 5.96 Å². The molecule has 30 heavy (non-hydrogen) atoms. The van der Waals surface area contributed by atoms with Crippen LogP contribution in [0.2, 0.25) is 0 Å². The van der Waals surface area contributed by atoms with Crippen LogP contribution in [0.4, 0.5) is 5.82 Å². The van der Waals surface area contributed by atoms with Crippen LogP contribution in [0.15, 0.2) is 47.3 Å². The van der Waals surface area contributed by atoms with Crippen LogP contribution in [0.5, 0.6) is 0 Å². The Balaban J connectivity index is 2.12. The van der Waals surface area contributed by atoms with Crippen molar-refractivity contribution < 1.29 is 9.59 Å². The summed E-state index contributed by atoms with van der Waals surface area (Å²) in [6.07, 6.45) is 13.4. The predicted octanol–water partition coefficient (Wildman–Crippen LogP) is 2.34. The number of aliphatic imine (C=N–C) groups is 1. The van der Waals surface area contributed by atoms with Gasteiger partial charge >= 0.3 is 0 Å². The average molecular weight is 411 g/mol. The van der Waals surface area contributed by atoms with Gasteiger partial charge in [-0.25, -0.2) is 9.98 Å². The number of guanidine groups is 1. The number of pyridine rings is 1. The van der Waals surface area contributed by atoms with Crippen LogP contribution < -0.4 is 16.8 Å². The molecular weight excluding hydrogens is 380 g/mol. The Morgan fingerprint density at radius 2 is 2.13 bits per heavy atom. The summed E-state index contributed by atoms with van der Waals surface area (Å²) in [4.78, 5) is 34.3. The zero-order valence-electron chi connectivity index (χ0n) is 17.6. The van der Waals surface area contributed by atoms with Crippen molar-refractivity contribution in [3.05, 3.63) is 53.4 Å². The lowest BCUT2D eigenvalue weighted by atomic mass is 10.0. The molecule has 0 saturated heterocycles. The minimum absolute atomic E-state index is 0.0221. The molecule has 0 spiro atoms. The second kappa shape index (κ2) is 11.5. The van der Waals surface area contributed by atoms with Gasteiger partial charge in [0.25, 0.3) is 0 Å². The number of amides is 2. The number of aryl methyl sites for hydroxylation is 1. The Bertz CT molecular complexity index is 882. The maximum atomic E-state index is 12.8. The Labute approximate surface area is 177 Å². The fraction of sp³-hybridized carbons (Fsp3) is 0.364. The van der Waals surface area contributed by atoms with E-state index >= 15 is 0 Å². The number of carbonyl (C=O) groups is 2. The number of nitrogens with one attached hydrogen (secondary N) is 1. The topological polar surface area (TPSA) is 127 Å². The van der Waals surface area contributed by atoms with E-state index in [9.17, 15) is 9.59 Å². The van der Waals surface area contributed by atoms with Crippen molar-refractivity contribution in [3.63, 3.8) is 0 Å². The van der Waals surface area contributed by atoms with Gasteiger partial charge in [-0.1, -0.05) is 19.4 Å². The molecule has 5 N–H and O–H groups in total. The van der Waals surface area contributed by atoms with Crippen molar-refractivity contribution in [1.82, 2.24) is 9.88 Å². The third-order valence-electron chi connectivity index (χ3n) is 4.50. The molecule has 1 aliphatic heterocycles. The standard InChI is InChI=1S/C22H30N6O2/c1-3-5-12-28(13-11-18(6-4-2)26-22(23)24)20(30)10-7-16-14-17-8-9-19(29)27-21(17)25-15-16/h4,6-7,10-11,14-15H,3,5,8-9,12-13H2,1-2H3,(H4,23,24,26)(H,25,27,29)/b6-4-,10-7+,18-11+. The van der Waals surface area contributed by atoms with E-state index in [1.165, 1.54) is 0 Å². The van der Waals surface area contributed by atoms with E-state index in [0.717, 1.165) is 24.0 Å². The highest BCUT2D eigenvalue weighted by Crippen LogP contribution is 2.21. The van der Waals surface area contributed by atoms with E-state index in [1.54, 1.807) is 29.3 Å². The van der Waals surface area contributed by atoms with Crippen LogP contribution in [0.3, 0.4) is 0 Å². The maximum absolute atomic E-state index is 12.8. The summed E-state index contributed by atoms with van der Waals surface area (Å²) in [5, 5.41) is 2.75. The minimum Gasteiger partial charge on any atom is -0.370 e. The van der Waals surface area contributed by atoms with Gasteiger partial charge in [-0.05, 0) is 55.2 Å². The molecule has 1 aromatic rings. The van der Waals surface area contributed by atoms with Crippen molar-refractivity contribution in [2.75, 3.05) is 18.4 Å². The third kappa shape index (κ3) is 7.20. The molecule has 0 aliphatic carbocycles. The minimum atomic E-state index is -0.102. The van der Waals surface area contributed by atoms with E-state index in [-0.39, 0.29) is 17.8 Å². The van der Waals surface area contributed by atoms with Crippen LogP contribution >= 0.6 is 0 Å². The molecule has 0 bridgehead atoms. The first-order chi connectivity index (χ1) is 14.4. The molecule has 8 heteroatoms. The molecule has 160 valence electrons. The van der Waals surface area contributed by atoms with Crippen molar-refractivity contribution in [2.24, 2.45) is 16.5 Å². The Hall–Kier alpha value is -3.42. The van der Waals surface area contributed by atoms with Crippen molar-refractivity contribution in [2.45, 2.75) is 39.5 Å². The summed E-state index contributed by atoms with van der Waals surface area (Å²) in [5.74, 6) is 0.448. The first-order valence-electron chi connectivity index (χ1n) is 10.1. The lowest BCUT2D eigenvalue weighted by Crippen LogP contribution is -2.31. The fourth-order valence-corrected chi connectivity index (χ4v) is 2.95. The highest BCUT2D eigenvalue weighted by atomic mass is 16.2. The number of carbonyl (C=O) groups excluding carboxylic acids is 2. The van der Waals surface area contributed by atoms with Crippen molar-refractivity contribution >= 4 is 29.7 Å². The summed E-state index contributed by atoms with van der Waals surface area (Å²) < 4.78 is 0. The molecule has 0 saturated carbocycles. The zero-order valence-corrected chi connectivity index (χ0v) is 17.6. The molecule has 0 aromatic carbocycles. The van der Waals surface area contributed by atoms with Gasteiger partial charge < -0.3 is 21.7 Å². The molecule has 2 amide bonds. The van der Waals surface area contributed by atoms with Gasteiger partial charge in [-0.2, -0.15) is 0 Å².